The van der Waals surface area contributed by atoms with E-state index in [2.05, 4.69) is 15.6 Å². The summed E-state index contributed by atoms with van der Waals surface area (Å²) in [6, 6.07) is 4.75. The maximum absolute atomic E-state index is 13.6. The highest BCUT2D eigenvalue weighted by atomic mass is 19.1. The number of piperazine rings is 1. The summed E-state index contributed by atoms with van der Waals surface area (Å²) in [5, 5.41) is 5.54. The van der Waals surface area contributed by atoms with E-state index in [0.29, 0.717) is 18.7 Å². The zero-order valence-corrected chi connectivity index (χ0v) is 14.8. The predicted octanol–water partition coefficient (Wildman–Crippen LogP) is 1.99. The highest BCUT2D eigenvalue weighted by molar-refractivity contribution is 5.89. The number of imidazole rings is 1. The average Bonchev–Trinajstić information content (AvgIpc) is 3.08. The molecule has 1 aliphatic rings. The fourth-order valence-corrected chi connectivity index (χ4v) is 3.10. The number of amides is 3. The molecule has 1 aromatic carbocycles. The minimum atomic E-state index is -0.857. The van der Waals surface area contributed by atoms with Crippen molar-refractivity contribution in [2.75, 3.05) is 13.1 Å². The number of hydrogen-bond donors (Lipinski definition) is 2. The quantitative estimate of drug-likeness (QED) is 0.876. The molecule has 0 aliphatic carbocycles. The smallest absolute Gasteiger partial charge is 0.318 e. The van der Waals surface area contributed by atoms with E-state index in [4.69, 9.17) is 0 Å². The molecule has 3 rings (SSSR count). The van der Waals surface area contributed by atoms with Gasteiger partial charge in [-0.2, -0.15) is 0 Å². The molecule has 138 valence electrons. The minimum absolute atomic E-state index is 0.227. The van der Waals surface area contributed by atoms with E-state index in [0.717, 1.165) is 5.82 Å². The van der Waals surface area contributed by atoms with Crippen molar-refractivity contribution in [1.29, 1.82) is 0 Å². The van der Waals surface area contributed by atoms with E-state index in [9.17, 15) is 14.0 Å². The van der Waals surface area contributed by atoms with Gasteiger partial charge >= 0.3 is 6.03 Å². The molecule has 2 heterocycles. The third-order valence-electron chi connectivity index (χ3n) is 4.34. The molecular formula is C18H22FN5O2. The van der Waals surface area contributed by atoms with E-state index in [1.807, 2.05) is 24.6 Å². The zero-order valence-electron chi connectivity index (χ0n) is 14.8. The topological polar surface area (TPSA) is 79.3 Å². The Bertz CT molecular complexity index is 804. The fourth-order valence-electron chi connectivity index (χ4n) is 3.10. The van der Waals surface area contributed by atoms with Crippen molar-refractivity contribution >= 4 is 11.9 Å². The highest BCUT2D eigenvalue weighted by Gasteiger charge is 2.34. The summed E-state index contributed by atoms with van der Waals surface area (Å²) in [5.74, 6) is -0.0296. The van der Waals surface area contributed by atoms with Gasteiger partial charge in [-0.1, -0.05) is 12.1 Å². The first-order valence-electron chi connectivity index (χ1n) is 8.56. The van der Waals surface area contributed by atoms with Crippen LogP contribution in [-0.4, -0.2) is 39.5 Å². The second-order valence-corrected chi connectivity index (χ2v) is 6.45. The number of nitrogens with zero attached hydrogens (tertiary/aromatic N) is 3. The Hall–Kier alpha value is -2.90. The fraction of sp³-hybridized carbons (Fsp3) is 0.389. The molecule has 3 amide bonds. The van der Waals surface area contributed by atoms with Gasteiger partial charge < -0.3 is 20.1 Å². The molecule has 1 fully saturated rings. The van der Waals surface area contributed by atoms with Gasteiger partial charge in [0, 0.05) is 31.5 Å². The molecular weight excluding hydrogens is 337 g/mol. The van der Waals surface area contributed by atoms with Crippen LogP contribution in [0.3, 0.4) is 0 Å². The summed E-state index contributed by atoms with van der Waals surface area (Å²) in [6.45, 7) is 5.01. The van der Waals surface area contributed by atoms with Crippen LogP contribution in [0.1, 0.15) is 37.3 Å². The van der Waals surface area contributed by atoms with Gasteiger partial charge in [-0.3, -0.25) is 4.79 Å². The molecule has 0 spiro atoms. The minimum Gasteiger partial charge on any atom is -0.352 e. The maximum atomic E-state index is 13.6. The molecule has 1 atom stereocenters. The third-order valence-corrected chi connectivity index (χ3v) is 4.34. The van der Waals surface area contributed by atoms with Crippen LogP contribution in [0.25, 0.3) is 0 Å². The van der Waals surface area contributed by atoms with Gasteiger partial charge in [0.05, 0.1) is 6.54 Å². The van der Waals surface area contributed by atoms with Crippen LogP contribution in [0.2, 0.25) is 0 Å². The van der Waals surface area contributed by atoms with Gasteiger partial charge in [0.1, 0.15) is 17.7 Å². The number of carbonyl (C=O) groups is 2. The number of nitrogens with one attached hydrogen (secondary N) is 2. The van der Waals surface area contributed by atoms with Crippen molar-refractivity contribution in [2.45, 2.75) is 32.5 Å². The largest absolute Gasteiger partial charge is 0.352 e. The van der Waals surface area contributed by atoms with E-state index < -0.39 is 11.9 Å². The number of hydrogen-bond acceptors (Lipinski definition) is 3. The Morgan fingerprint density at radius 1 is 1.46 bits per heavy atom. The molecule has 8 heteroatoms. The standard InChI is InChI=1S/C18H22FN5O2/c1-12(2)23-8-6-20-15(23)11-22-18(26)24-9-7-21-17(25)16(24)13-4-3-5-14(19)10-13/h3-6,8,10,12,16H,7,9,11H2,1-2H3,(H,21,25)(H,22,26). The van der Waals surface area contributed by atoms with Crippen molar-refractivity contribution < 1.29 is 14.0 Å². The Balaban J connectivity index is 1.75. The molecule has 2 N–H and O–H groups in total. The number of rotatable bonds is 4. The van der Waals surface area contributed by atoms with Gasteiger partial charge in [0.2, 0.25) is 5.91 Å². The molecule has 1 unspecified atom stereocenters. The summed E-state index contributed by atoms with van der Waals surface area (Å²) in [5.41, 5.74) is 0.445. The van der Waals surface area contributed by atoms with E-state index in [-0.39, 0.29) is 24.5 Å². The molecule has 26 heavy (non-hydrogen) atoms. The molecule has 1 saturated heterocycles. The van der Waals surface area contributed by atoms with Crippen molar-refractivity contribution in [1.82, 2.24) is 25.1 Å². The molecule has 0 bridgehead atoms. The summed E-state index contributed by atoms with van der Waals surface area (Å²) < 4.78 is 15.5. The predicted molar refractivity (Wildman–Crippen MR) is 93.7 cm³/mol. The first kappa shape index (κ1) is 17.9. The lowest BCUT2D eigenvalue weighted by atomic mass is 10.0. The summed E-state index contributed by atoms with van der Waals surface area (Å²) in [7, 11) is 0. The summed E-state index contributed by atoms with van der Waals surface area (Å²) >= 11 is 0. The molecule has 7 nitrogen and oxygen atoms in total. The average molecular weight is 359 g/mol. The monoisotopic (exact) mass is 359 g/mol. The lowest BCUT2D eigenvalue weighted by Crippen LogP contribution is -2.54. The number of benzene rings is 1. The zero-order chi connectivity index (χ0) is 18.7. The van der Waals surface area contributed by atoms with Crippen LogP contribution < -0.4 is 10.6 Å². The third kappa shape index (κ3) is 3.68. The van der Waals surface area contributed by atoms with Gasteiger partial charge in [-0.15, -0.1) is 0 Å². The van der Waals surface area contributed by atoms with Gasteiger partial charge in [-0.25, -0.2) is 14.2 Å². The first-order valence-corrected chi connectivity index (χ1v) is 8.56. The second kappa shape index (κ2) is 7.55. The number of carbonyl (C=O) groups excluding carboxylic acids is 2. The Morgan fingerprint density at radius 3 is 3.00 bits per heavy atom. The van der Waals surface area contributed by atoms with Crippen molar-refractivity contribution in [3.8, 4) is 0 Å². The van der Waals surface area contributed by atoms with E-state index in [1.165, 1.54) is 23.1 Å². The van der Waals surface area contributed by atoms with Crippen LogP contribution in [0.4, 0.5) is 9.18 Å². The van der Waals surface area contributed by atoms with Crippen LogP contribution >= 0.6 is 0 Å². The lowest BCUT2D eigenvalue weighted by molar-refractivity contribution is -0.127. The van der Waals surface area contributed by atoms with E-state index >= 15 is 0 Å². The first-order chi connectivity index (χ1) is 12.5. The molecule has 1 aliphatic heterocycles. The van der Waals surface area contributed by atoms with Crippen molar-refractivity contribution in [3.05, 3.63) is 53.9 Å². The van der Waals surface area contributed by atoms with Crippen LogP contribution in [-0.2, 0) is 11.3 Å². The summed E-state index contributed by atoms with van der Waals surface area (Å²) in [4.78, 5) is 30.7. The van der Waals surface area contributed by atoms with Crippen molar-refractivity contribution in [3.63, 3.8) is 0 Å². The summed E-state index contributed by atoms with van der Waals surface area (Å²) in [6.07, 6.45) is 3.54. The SMILES string of the molecule is CC(C)n1ccnc1CNC(=O)N1CCNC(=O)C1c1cccc(F)c1. The van der Waals surface area contributed by atoms with Crippen LogP contribution in [0.15, 0.2) is 36.7 Å². The van der Waals surface area contributed by atoms with Crippen LogP contribution in [0.5, 0.6) is 0 Å². The van der Waals surface area contributed by atoms with Crippen molar-refractivity contribution in [2.24, 2.45) is 0 Å². The molecule has 1 aromatic heterocycles. The van der Waals surface area contributed by atoms with Gasteiger partial charge in [-0.05, 0) is 31.5 Å². The lowest BCUT2D eigenvalue weighted by Gasteiger charge is -2.35. The number of halogens is 1. The normalized spacial score (nSPS) is 17.3. The van der Waals surface area contributed by atoms with Gasteiger partial charge in [0.15, 0.2) is 0 Å². The van der Waals surface area contributed by atoms with E-state index in [1.54, 1.807) is 12.3 Å². The van der Waals surface area contributed by atoms with Crippen LogP contribution in [0, 0.1) is 5.82 Å². The number of urea groups is 1. The Kier molecular flexibility index (Phi) is 5.20. The Labute approximate surface area is 151 Å². The molecule has 0 saturated carbocycles. The van der Waals surface area contributed by atoms with Gasteiger partial charge in [0.25, 0.3) is 0 Å². The maximum Gasteiger partial charge on any atom is 0.318 e. The highest BCUT2D eigenvalue weighted by Crippen LogP contribution is 2.24. The second-order valence-electron chi connectivity index (χ2n) is 6.45. The Morgan fingerprint density at radius 2 is 2.27 bits per heavy atom. The number of aromatic nitrogens is 2. The molecule has 2 aromatic rings. The molecule has 0 radical (unpaired) electrons.